The Morgan fingerprint density at radius 1 is 1.05 bits per heavy atom. The zero-order valence-electron chi connectivity index (χ0n) is 12.8. The van der Waals surface area contributed by atoms with Crippen molar-refractivity contribution in [3.05, 3.63) is 83.4 Å². The third-order valence-electron chi connectivity index (χ3n) is 3.20. The maximum Gasteiger partial charge on any atom is 0.119 e. The molecule has 0 heterocycles. The first-order chi connectivity index (χ1) is 10.6. The molecule has 0 aliphatic heterocycles. The Bertz CT molecular complexity index is 628. The number of ether oxygens (including phenoxy) is 1. The average Bonchev–Trinajstić information content (AvgIpc) is 2.54. The highest BCUT2D eigenvalue weighted by Crippen LogP contribution is 2.15. The van der Waals surface area contributed by atoms with Gasteiger partial charge in [0.2, 0.25) is 0 Å². The molecule has 0 radical (unpaired) electrons. The van der Waals surface area contributed by atoms with E-state index in [1.54, 1.807) is 0 Å². The van der Waals surface area contributed by atoms with Crippen LogP contribution in [0.4, 0.5) is 0 Å². The summed E-state index contributed by atoms with van der Waals surface area (Å²) in [4.78, 5) is 0. The SMILES string of the molecule is C/C(=C\C=C/c1ccccc1)COc1ccc(C(N)N)cc1. The first-order valence-electron chi connectivity index (χ1n) is 7.28. The van der Waals surface area contributed by atoms with Crippen molar-refractivity contribution in [2.24, 2.45) is 11.5 Å². The minimum Gasteiger partial charge on any atom is -0.489 e. The largest absolute Gasteiger partial charge is 0.489 e. The van der Waals surface area contributed by atoms with Crippen LogP contribution in [-0.4, -0.2) is 6.61 Å². The van der Waals surface area contributed by atoms with E-state index in [0.29, 0.717) is 6.61 Å². The van der Waals surface area contributed by atoms with Crippen molar-refractivity contribution in [1.82, 2.24) is 0 Å². The van der Waals surface area contributed by atoms with E-state index in [1.165, 1.54) is 5.56 Å². The van der Waals surface area contributed by atoms with Gasteiger partial charge in [-0.1, -0.05) is 60.7 Å². The summed E-state index contributed by atoms with van der Waals surface area (Å²) in [6, 6.07) is 17.7. The van der Waals surface area contributed by atoms with Crippen molar-refractivity contribution >= 4 is 6.08 Å². The van der Waals surface area contributed by atoms with E-state index in [9.17, 15) is 0 Å². The fraction of sp³-hybridized carbons (Fsp3) is 0.158. The Hall–Kier alpha value is -2.36. The van der Waals surface area contributed by atoms with E-state index < -0.39 is 6.17 Å². The molecule has 2 aromatic carbocycles. The molecule has 4 N–H and O–H groups in total. The van der Waals surface area contributed by atoms with Crippen LogP contribution in [0.3, 0.4) is 0 Å². The minimum absolute atomic E-state index is 0.446. The summed E-state index contributed by atoms with van der Waals surface area (Å²) in [6.45, 7) is 2.59. The standard InChI is InChI=1S/C19H22N2O/c1-15(6-5-9-16-7-3-2-4-8-16)14-22-18-12-10-17(11-13-18)19(20)21/h2-13,19H,14,20-21H2,1H3/b9-5-,15-6+. The van der Waals surface area contributed by atoms with Crippen molar-refractivity contribution in [2.45, 2.75) is 13.1 Å². The van der Waals surface area contributed by atoms with Gasteiger partial charge in [0.25, 0.3) is 0 Å². The van der Waals surface area contributed by atoms with Gasteiger partial charge in [-0.3, -0.25) is 0 Å². The lowest BCUT2D eigenvalue weighted by molar-refractivity contribution is 0.352. The second-order valence-electron chi connectivity index (χ2n) is 5.17. The molecular formula is C19H22N2O. The molecule has 0 unspecified atom stereocenters. The topological polar surface area (TPSA) is 61.3 Å². The molecule has 22 heavy (non-hydrogen) atoms. The van der Waals surface area contributed by atoms with Crippen LogP contribution in [0, 0.1) is 0 Å². The highest BCUT2D eigenvalue weighted by atomic mass is 16.5. The van der Waals surface area contributed by atoms with Gasteiger partial charge in [0.1, 0.15) is 12.4 Å². The van der Waals surface area contributed by atoms with E-state index in [4.69, 9.17) is 16.2 Å². The van der Waals surface area contributed by atoms with Crippen LogP contribution in [0.15, 0.2) is 72.3 Å². The van der Waals surface area contributed by atoms with Gasteiger partial charge in [0, 0.05) is 0 Å². The van der Waals surface area contributed by atoms with Crippen molar-refractivity contribution in [1.29, 1.82) is 0 Å². The lowest BCUT2D eigenvalue weighted by atomic mass is 10.2. The van der Waals surface area contributed by atoms with E-state index in [-0.39, 0.29) is 0 Å². The summed E-state index contributed by atoms with van der Waals surface area (Å²) in [5.41, 5.74) is 14.4. The molecule has 0 bridgehead atoms. The second kappa shape index (κ2) is 8.17. The molecule has 0 saturated heterocycles. The lowest BCUT2D eigenvalue weighted by Gasteiger charge is -2.09. The van der Waals surface area contributed by atoms with Crippen molar-refractivity contribution in [3.8, 4) is 5.75 Å². The first-order valence-corrected chi connectivity index (χ1v) is 7.28. The summed E-state index contributed by atoms with van der Waals surface area (Å²) in [7, 11) is 0. The van der Waals surface area contributed by atoms with Gasteiger partial charge in [-0.25, -0.2) is 0 Å². The molecule has 3 heteroatoms. The molecular weight excluding hydrogens is 272 g/mol. The first kappa shape index (κ1) is 16.0. The molecule has 0 saturated carbocycles. The fourth-order valence-electron chi connectivity index (χ4n) is 1.92. The molecule has 0 aliphatic rings. The number of hydrogen-bond donors (Lipinski definition) is 2. The lowest BCUT2D eigenvalue weighted by Crippen LogP contribution is -2.19. The third kappa shape index (κ3) is 5.20. The zero-order valence-corrected chi connectivity index (χ0v) is 12.8. The Labute approximate surface area is 131 Å². The average molecular weight is 294 g/mol. The molecule has 114 valence electrons. The van der Waals surface area contributed by atoms with E-state index in [1.807, 2.05) is 55.5 Å². The minimum atomic E-state index is -0.446. The molecule has 0 aromatic heterocycles. The maximum atomic E-state index is 5.72. The van der Waals surface area contributed by atoms with Crippen LogP contribution in [0.2, 0.25) is 0 Å². The number of benzene rings is 2. The molecule has 0 atom stereocenters. The normalized spacial score (nSPS) is 12.1. The van der Waals surface area contributed by atoms with Gasteiger partial charge in [-0.2, -0.15) is 0 Å². The molecule has 0 aliphatic carbocycles. The van der Waals surface area contributed by atoms with Crippen LogP contribution < -0.4 is 16.2 Å². The second-order valence-corrected chi connectivity index (χ2v) is 5.17. The summed E-state index contributed by atoms with van der Waals surface area (Å²) in [5, 5.41) is 0. The van der Waals surface area contributed by atoms with Gasteiger partial charge in [-0.05, 0) is 35.8 Å². The monoisotopic (exact) mass is 294 g/mol. The van der Waals surface area contributed by atoms with Crippen LogP contribution in [0.25, 0.3) is 6.08 Å². The van der Waals surface area contributed by atoms with Crippen LogP contribution in [0.1, 0.15) is 24.2 Å². The smallest absolute Gasteiger partial charge is 0.119 e. The van der Waals surface area contributed by atoms with E-state index >= 15 is 0 Å². The summed E-state index contributed by atoms with van der Waals surface area (Å²) >= 11 is 0. The molecule has 2 aromatic rings. The highest BCUT2D eigenvalue weighted by Gasteiger charge is 1.99. The Morgan fingerprint density at radius 3 is 2.36 bits per heavy atom. The molecule has 0 spiro atoms. The maximum absolute atomic E-state index is 5.72. The molecule has 0 amide bonds. The summed E-state index contributed by atoms with van der Waals surface area (Å²) in [5.74, 6) is 0.809. The number of rotatable bonds is 6. The van der Waals surface area contributed by atoms with Crippen LogP contribution in [0.5, 0.6) is 5.75 Å². The predicted octanol–water partition coefficient (Wildman–Crippen LogP) is 3.64. The van der Waals surface area contributed by atoms with Crippen molar-refractivity contribution in [2.75, 3.05) is 6.61 Å². The molecule has 3 nitrogen and oxygen atoms in total. The van der Waals surface area contributed by atoms with Crippen molar-refractivity contribution < 1.29 is 4.74 Å². The van der Waals surface area contributed by atoms with Gasteiger partial charge in [-0.15, -0.1) is 0 Å². The van der Waals surface area contributed by atoms with E-state index in [0.717, 1.165) is 16.9 Å². The number of hydrogen-bond acceptors (Lipinski definition) is 3. The van der Waals surface area contributed by atoms with Gasteiger partial charge in [0.15, 0.2) is 0 Å². The summed E-state index contributed by atoms with van der Waals surface area (Å²) < 4.78 is 5.72. The quantitative estimate of drug-likeness (QED) is 0.631. The highest BCUT2D eigenvalue weighted by molar-refractivity contribution is 5.50. The van der Waals surface area contributed by atoms with Crippen LogP contribution in [-0.2, 0) is 0 Å². The number of nitrogens with two attached hydrogens (primary N) is 2. The zero-order chi connectivity index (χ0) is 15.8. The van der Waals surface area contributed by atoms with Crippen molar-refractivity contribution in [3.63, 3.8) is 0 Å². The van der Waals surface area contributed by atoms with E-state index in [2.05, 4.69) is 24.3 Å². The fourth-order valence-corrected chi connectivity index (χ4v) is 1.92. The summed E-state index contributed by atoms with van der Waals surface area (Å²) in [6.07, 6.45) is 5.71. The van der Waals surface area contributed by atoms with Gasteiger partial charge < -0.3 is 16.2 Å². The Morgan fingerprint density at radius 2 is 1.73 bits per heavy atom. The number of allylic oxidation sites excluding steroid dienone is 2. The Balaban J connectivity index is 1.85. The van der Waals surface area contributed by atoms with Gasteiger partial charge >= 0.3 is 0 Å². The Kier molecular flexibility index (Phi) is 5.95. The van der Waals surface area contributed by atoms with Crippen LogP contribution >= 0.6 is 0 Å². The molecule has 2 rings (SSSR count). The molecule has 0 fully saturated rings. The van der Waals surface area contributed by atoms with Gasteiger partial charge in [0.05, 0.1) is 6.17 Å². The third-order valence-corrected chi connectivity index (χ3v) is 3.20. The predicted molar refractivity (Wildman–Crippen MR) is 92.3 cm³/mol.